The highest BCUT2D eigenvalue weighted by atomic mass is 19.4. The molecule has 0 aliphatic rings. The van der Waals surface area contributed by atoms with Gasteiger partial charge >= 0.3 is 6.18 Å². The Hall–Kier alpha value is -0.540. The van der Waals surface area contributed by atoms with Crippen molar-refractivity contribution in [2.75, 3.05) is 0 Å². The van der Waals surface area contributed by atoms with Crippen LogP contribution in [-0.4, -0.2) is 12.0 Å². The summed E-state index contributed by atoms with van der Waals surface area (Å²) in [6.07, 6.45) is -4.42. The van der Waals surface area contributed by atoms with Crippen LogP contribution in [0.3, 0.4) is 0 Å². The summed E-state index contributed by atoms with van der Waals surface area (Å²) in [6.45, 7) is 2.30. The van der Waals surface area contributed by atoms with E-state index >= 15 is 0 Å². The van der Waals surface area contributed by atoms with Crippen molar-refractivity contribution in [3.63, 3.8) is 0 Å². The standard InChI is InChI=1S/C6H9F3O/c1-3-5(10)4(2)6(7,8)9/h4H,3H2,1-2H3/t4-/m1/s1. The van der Waals surface area contributed by atoms with Crippen molar-refractivity contribution in [2.45, 2.75) is 26.4 Å². The third kappa shape index (κ3) is 2.37. The van der Waals surface area contributed by atoms with Gasteiger partial charge in [-0.15, -0.1) is 0 Å². The number of halogens is 3. The molecule has 0 aromatic rings. The molecular formula is C6H9F3O. The molecule has 0 rings (SSSR count). The number of hydrogen-bond acceptors (Lipinski definition) is 1. The highest BCUT2D eigenvalue weighted by Crippen LogP contribution is 2.26. The van der Waals surface area contributed by atoms with Crippen molar-refractivity contribution in [3.8, 4) is 0 Å². The number of ketones is 1. The summed E-state index contributed by atoms with van der Waals surface area (Å²) >= 11 is 0. The molecule has 0 spiro atoms. The second kappa shape index (κ2) is 3.03. The quantitative estimate of drug-likeness (QED) is 0.595. The molecule has 0 saturated heterocycles. The van der Waals surface area contributed by atoms with Gasteiger partial charge in [-0.2, -0.15) is 13.2 Å². The molecule has 0 bridgehead atoms. The molecule has 0 heterocycles. The van der Waals surface area contributed by atoms with E-state index in [2.05, 4.69) is 0 Å². The van der Waals surface area contributed by atoms with E-state index in [0.717, 1.165) is 6.92 Å². The van der Waals surface area contributed by atoms with Gasteiger partial charge in [-0.1, -0.05) is 6.92 Å². The Morgan fingerprint density at radius 2 is 1.90 bits per heavy atom. The van der Waals surface area contributed by atoms with Gasteiger partial charge in [0.1, 0.15) is 11.7 Å². The van der Waals surface area contributed by atoms with Crippen LogP contribution < -0.4 is 0 Å². The highest BCUT2D eigenvalue weighted by Gasteiger charge is 2.39. The molecule has 0 aromatic heterocycles. The summed E-state index contributed by atoms with van der Waals surface area (Å²) in [5.41, 5.74) is 0. The molecule has 0 aliphatic heterocycles. The SMILES string of the molecule is CCC(=O)[C@@H](C)C(F)(F)F. The molecule has 0 N–H and O–H groups in total. The van der Waals surface area contributed by atoms with Crippen LogP contribution in [0.4, 0.5) is 13.2 Å². The molecule has 0 amide bonds. The zero-order chi connectivity index (χ0) is 8.36. The normalized spacial score (nSPS) is 14.9. The number of carbonyl (C=O) groups is 1. The molecule has 0 radical (unpaired) electrons. The minimum Gasteiger partial charge on any atom is -0.299 e. The summed E-state index contributed by atoms with van der Waals surface area (Å²) in [7, 11) is 0. The molecule has 4 heteroatoms. The van der Waals surface area contributed by atoms with E-state index in [1.807, 2.05) is 0 Å². The molecule has 1 atom stereocenters. The van der Waals surface area contributed by atoms with Gasteiger partial charge in [0.25, 0.3) is 0 Å². The molecule has 0 saturated carbocycles. The van der Waals surface area contributed by atoms with Crippen LogP contribution >= 0.6 is 0 Å². The third-order valence-corrected chi connectivity index (χ3v) is 1.32. The van der Waals surface area contributed by atoms with Gasteiger partial charge in [0.05, 0.1) is 0 Å². The zero-order valence-corrected chi connectivity index (χ0v) is 5.83. The lowest BCUT2D eigenvalue weighted by molar-refractivity contribution is -0.177. The number of alkyl halides is 3. The Kier molecular flexibility index (Phi) is 2.87. The summed E-state index contributed by atoms with van der Waals surface area (Å²) in [5, 5.41) is 0. The van der Waals surface area contributed by atoms with Crippen LogP contribution in [0.5, 0.6) is 0 Å². The molecule has 10 heavy (non-hydrogen) atoms. The Morgan fingerprint density at radius 1 is 1.50 bits per heavy atom. The predicted molar refractivity (Wildman–Crippen MR) is 30.5 cm³/mol. The van der Waals surface area contributed by atoms with Crippen LogP contribution in [0.2, 0.25) is 0 Å². The summed E-state index contributed by atoms with van der Waals surface area (Å²) in [6, 6.07) is 0. The molecule has 0 fully saturated rings. The first-order valence-electron chi connectivity index (χ1n) is 2.99. The van der Waals surface area contributed by atoms with Gasteiger partial charge in [-0.25, -0.2) is 0 Å². The van der Waals surface area contributed by atoms with Gasteiger partial charge in [0.2, 0.25) is 0 Å². The van der Waals surface area contributed by atoms with E-state index in [0.29, 0.717) is 0 Å². The molecular weight excluding hydrogens is 145 g/mol. The maximum atomic E-state index is 11.7. The Bertz CT molecular complexity index is 127. The molecule has 1 nitrogen and oxygen atoms in total. The monoisotopic (exact) mass is 154 g/mol. The summed E-state index contributed by atoms with van der Waals surface area (Å²) in [5.74, 6) is -2.56. The van der Waals surface area contributed by atoms with Gasteiger partial charge in [-0.05, 0) is 6.92 Å². The average molecular weight is 154 g/mol. The van der Waals surface area contributed by atoms with Gasteiger partial charge in [0.15, 0.2) is 0 Å². The van der Waals surface area contributed by atoms with E-state index in [1.165, 1.54) is 6.92 Å². The number of hydrogen-bond donors (Lipinski definition) is 0. The topological polar surface area (TPSA) is 17.1 Å². The second-order valence-corrected chi connectivity index (χ2v) is 2.08. The van der Waals surface area contributed by atoms with Crippen molar-refractivity contribution in [3.05, 3.63) is 0 Å². The largest absolute Gasteiger partial charge is 0.398 e. The van der Waals surface area contributed by atoms with Gasteiger partial charge in [-0.3, -0.25) is 4.79 Å². The van der Waals surface area contributed by atoms with Crippen LogP contribution in [0.15, 0.2) is 0 Å². The number of carbonyl (C=O) groups excluding carboxylic acids is 1. The Labute approximate surface area is 57.2 Å². The molecule has 60 valence electrons. The first kappa shape index (κ1) is 9.46. The van der Waals surface area contributed by atoms with E-state index in [4.69, 9.17) is 0 Å². The minimum atomic E-state index is -4.37. The average Bonchev–Trinajstić information content (AvgIpc) is 1.83. The van der Waals surface area contributed by atoms with Gasteiger partial charge < -0.3 is 0 Å². The maximum Gasteiger partial charge on any atom is 0.398 e. The van der Waals surface area contributed by atoms with Crippen molar-refractivity contribution in [1.29, 1.82) is 0 Å². The minimum absolute atomic E-state index is 0.0549. The predicted octanol–water partition coefficient (Wildman–Crippen LogP) is 2.16. The zero-order valence-electron chi connectivity index (χ0n) is 5.83. The Balaban J connectivity index is 4.08. The van der Waals surface area contributed by atoms with Crippen molar-refractivity contribution >= 4 is 5.78 Å². The lowest BCUT2D eigenvalue weighted by Gasteiger charge is -2.12. The van der Waals surface area contributed by atoms with Gasteiger partial charge in [0, 0.05) is 6.42 Å². The Morgan fingerprint density at radius 3 is 2.00 bits per heavy atom. The van der Waals surface area contributed by atoms with Crippen LogP contribution in [0, 0.1) is 5.92 Å². The third-order valence-electron chi connectivity index (χ3n) is 1.32. The first-order valence-corrected chi connectivity index (χ1v) is 2.99. The van der Waals surface area contributed by atoms with Crippen LogP contribution in [-0.2, 0) is 4.79 Å². The van der Waals surface area contributed by atoms with Crippen molar-refractivity contribution < 1.29 is 18.0 Å². The summed E-state index contributed by atoms with van der Waals surface area (Å²) < 4.78 is 35.0. The van der Waals surface area contributed by atoms with Crippen LogP contribution in [0.25, 0.3) is 0 Å². The molecule has 0 aromatic carbocycles. The fraction of sp³-hybridized carbons (Fsp3) is 0.833. The summed E-state index contributed by atoms with van der Waals surface area (Å²) in [4.78, 5) is 10.4. The highest BCUT2D eigenvalue weighted by molar-refractivity contribution is 5.80. The van der Waals surface area contributed by atoms with E-state index < -0.39 is 17.9 Å². The smallest absolute Gasteiger partial charge is 0.299 e. The van der Waals surface area contributed by atoms with Crippen molar-refractivity contribution in [2.24, 2.45) is 5.92 Å². The van der Waals surface area contributed by atoms with Crippen molar-refractivity contribution in [1.82, 2.24) is 0 Å². The maximum absolute atomic E-state index is 11.7. The van der Waals surface area contributed by atoms with E-state index in [1.54, 1.807) is 0 Å². The molecule has 0 unspecified atom stereocenters. The first-order chi connectivity index (χ1) is 4.39. The number of rotatable bonds is 2. The fourth-order valence-corrected chi connectivity index (χ4v) is 0.489. The lowest BCUT2D eigenvalue weighted by Crippen LogP contribution is -2.27. The van der Waals surface area contributed by atoms with E-state index in [-0.39, 0.29) is 6.42 Å². The lowest BCUT2D eigenvalue weighted by atomic mass is 10.0. The van der Waals surface area contributed by atoms with Crippen LogP contribution in [0.1, 0.15) is 20.3 Å². The second-order valence-electron chi connectivity index (χ2n) is 2.08. The fourth-order valence-electron chi connectivity index (χ4n) is 0.489. The number of Topliss-reactive ketones (excluding diaryl/α,β-unsaturated/α-hetero) is 1. The molecule has 0 aliphatic carbocycles. The van der Waals surface area contributed by atoms with E-state index in [9.17, 15) is 18.0 Å².